The van der Waals surface area contributed by atoms with Gasteiger partial charge < -0.3 is 14.5 Å². The van der Waals surface area contributed by atoms with Crippen LogP contribution in [-0.2, 0) is 14.3 Å². The number of hydrogen-bond acceptors (Lipinski definition) is 3. The Morgan fingerprint density at radius 1 is 1.22 bits per heavy atom. The highest BCUT2D eigenvalue weighted by Crippen LogP contribution is 2.32. The first-order chi connectivity index (χ1) is 11.0. The van der Waals surface area contributed by atoms with Crippen molar-refractivity contribution in [1.82, 2.24) is 4.90 Å². The van der Waals surface area contributed by atoms with Crippen molar-refractivity contribution in [2.75, 3.05) is 31.1 Å². The van der Waals surface area contributed by atoms with E-state index < -0.39 is 5.60 Å². The summed E-state index contributed by atoms with van der Waals surface area (Å²) in [4.78, 5) is 28.3. The van der Waals surface area contributed by atoms with E-state index in [-0.39, 0.29) is 24.3 Å². The standard InChI is InChI=1S/C18H24N2O3/c1-14(2)17(22)19-10-6-9-18(12-19)13-20(16(21)11-23-18)15-7-4-3-5-8-15/h3-5,7-8,14H,6,9-13H2,1-2H3. The van der Waals surface area contributed by atoms with E-state index in [1.54, 1.807) is 4.90 Å². The summed E-state index contributed by atoms with van der Waals surface area (Å²) in [5, 5.41) is 0. The molecule has 0 bridgehead atoms. The number of carbonyl (C=O) groups excluding carboxylic acids is 2. The van der Waals surface area contributed by atoms with Gasteiger partial charge in [-0.25, -0.2) is 0 Å². The Kier molecular flexibility index (Phi) is 4.39. The first-order valence-electron chi connectivity index (χ1n) is 8.29. The summed E-state index contributed by atoms with van der Waals surface area (Å²) >= 11 is 0. The molecule has 1 aromatic rings. The Morgan fingerprint density at radius 2 is 1.96 bits per heavy atom. The number of amides is 2. The van der Waals surface area contributed by atoms with E-state index in [1.165, 1.54) is 0 Å². The maximum Gasteiger partial charge on any atom is 0.253 e. The van der Waals surface area contributed by atoms with Crippen LogP contribution in [0.25, 0.3) is 0 Å². The number of anilines is 1. The molecule has 1 unspecified atom stereocenters. The average Bonchev–Trinajstić information content (AvgIpc) is 2.57. The zero-order valence-electron chi connectivity index (χ0n) is 13.8. The fourth-order valence-electron chi connectivity index (χ4n) is 3.46. The second-order valence-electron chi connectivity index (χ2n) is 6.81. The third-order valence-electron chi connectivity index (χ3n) is 4.66. The van der Waals surface area contributed by atoms with Gasteiger partial charge in [0, 0.05) is 18.2 Å². The zero-order chi connectivity index (χ0) is 16.4. The van der Waals surface area contributed by atoms with Gasteiger partial charge in [0.15, 0.2) is 0 Å². The van der Waals surface area contributed by atoms with Gasteiger partial charge >= 0.3 is 0 Å². The van der Waals surface area contributed by atoms with Crippen molar-refractivity contribution in [3.05, 3.63) is 30.3 Å². The molecule has 0 aliphatic carbocycles. The predicted molar refractivity (Wildman–Crippen MR) is 88.1 cm³/mol. The quantitative estimate of drug-likeness (QED) is 0.839. The smallest absolute Gasteiger partial charge is 0.253 e. The van der Waals surface area contributed by atoms with Gasteiger partial charge in [0.1, 0.15) is 12.2 Å². The molecule has 1 spiro atoms. The molecule has 0 saturated carbocycles. The molecule has 3 rings (SSSR count). The van der Waals surface area contributed by atoms with Crippen LogP contribution in [0.2, 0.25) is 0 Å². The van der Waals surface area contributed by atoms with Crippen LogP contribution >= 0.6 is 0 Å². The van der Waals surface area contributed by atoms with Crippen molar-refractivity contribution in [2.24, 2.45) is 5.92 Å². The number of morpholine rings is 1. The molecule has 1 atom stereocenters. The number of carbonyl (C=O) groups is 2. The first-order valence-corrected chi connectivity index (χ1v) is 8.29. The highest BCUT2D eigenvalue weighted by Gasteiger charge is 2.44. The number of rotatable bonds is 2. The van der Waals surface area contributed by atoms with Crippen LogP contribution < -0.4 is 4.90 Å². The lowest BCUT2D eigenvalue weighted by Crippen LogP contribution is -2.62. The van der Waals surface area contributed by atoms with Gasteiger partial charge in [0.05, 0.1) is 13.1 Å². The van der Waals surface area contributed by atoms with Gasteiger partial charge in [-0.2, -0.15) is 0 Å². The number of nitrogens with zero attached hydrogens (tertiary/aromatic N) is 2. The molecule has 2 aliphatic rings. The minimum atomic E-state index is -0.438. The van der Waals surface area contributed by atoms with Gasteiger partial charge in [-0.15, -0.1) is 0 Å². The van der Waals surface area contributed by atoms with E-state index in [0.717, 1.165) is 25.1 Å². The Labute approximate surface area is 137 Å². The maximum absolute atomic E-state index is 12.3. The molecule has 5 heteroatoms. The molecule has 2 saturated heterocycles. The zero-order valence-corrected chi connectivity index (χ0v) is 13.8. The third-order valence-corrected chi connectivity index (χ3v) is 4.66. The molecule has 0 aromatic heterocycles. The molecule has 1 aromatic carbocycles. The second kappa shape index (κ2) is 6.32. The van der Waals surface area contributed by atoms with E-state index in [0.29, 0.717) is 13.1 Å². The molecule has 0 radical (unpaired) electrons. The van der Waals surface area contributed by atoms with E-state index in [2.05, 4.69) is 0 Å². The van der Waals surface area contributed by atoms with Crippen LogP contribution in [0.15, 0.2) is 30.3 Å². The summed E-state index contributed by atoms with van der Waals surface area (Å²) in [6.45, 7) is 5.79. The van der Waals surface area contributed by atoms with Crippen molar-refractivity contribution < 1.29 is 14.3 Å². The number of likely N-dealkylation sites (tertiary alicyclic amines) is 1. The summed E-state index contributed by atoms with van der Waals surface area (Å²) in [7, 11) is 0. The molecule has 0 N–H and O–H groups in total. The van der Waals surface area contributed by atoms with E-state index >= 15 is 0 Å². The molecule has 124 valence electrons. The fourth-order valence-corrected chi connectivity index (χ4v) is 3.46. The van der Waals surface area contributed by atoms with E-state index in [4.69, 9.17) is 4.74 Å². The predicted octanol–water partition coefficient (Wildman–Crippen LogP) is 2.07. The van der Waals surface area contributed by atoms with Gasteiger partial charge in [-0.3, -0.25) is 9.59 Å². The van der Waals surface area contributed by atoms with Crippen molar-refractivity contribution >= 4 is 17.5 Å². The molecular formula is C18H24N2O3. The van der Waals surface area contributed by atoms with Crippen LogP contribution in [-0.4, -0.2) is 48.6 Å². The third kappa shape index (κ3) is 3.24. The summed E-state index contributed by atoms with van der Waals surface area (Å²) in [6, 6.07) is 9.68. The van der Waals surface area contributed by atoms with Crippen molar-refractivity contribution in [3.8, 4) is 0 Å². The van der Waals surface area contributed by atoms with Crippen LogP contribution in [0.3, 0.4) is 0 Å². The Balaban J connectivity index is 1.79. The number of para-hydroxylation sites is 1. The number of ether oxygens (including phenoxy) is 1. The molecule has 23 heavy (non-hydrogen) atoms. The van der Waals surface area contributed by atoms with Crippen molar-refractivity contribution in [3.63, 3.8) is 0 Å². The minimum absolute atomic E-state index is 0.0133. The topological polar surface area (TPSA) is 49.9 Å². The summed E-state index contributed by atoms with van der Waals surface area (Å²) < 4.78 is 5.95. The van der Waals surface area contributed by atoms with Gasteiger partial charge in [0.25, 0.3) is 5.91 Å². The van der Waals surface area contributed by atoms with Crippen LogP contribution in [0.4, 0.5) is 5.69 Å². The lowest BCUT2D eigenvalue weighted by Gasteiger charge is -2.48. The molecule has 2 fully saturated rings. The Bertz CT molecular complexity index is 587. The van der Waals surface area contributed by atoms with Crippen molar-refractivity contribution in [2.45, 2.75) is 32.3 Å². The summed E-state index contributed by atoms with van der Waals surface area (Å²) in [6.07, 6.45) is 1.79. The summed E-state index contributed by atoms with van der Waals surface area (Å²) in [5.41, 5.74) is 0.458. The SMILES string of the molecule is CC(C)C(=O)N1CCCC2(C1)CN(c1ccccc1)C(=O)CO2. The van der Waals surface area contributed by atoms with E-state index in [9.17, 15) is 9.59 Å². The summed E-state index contributed by atoms with van der Waals surface area (Å²) in [5.74, 6) is 0.130. The highest BCUT2D eigenvalue weighted by atomic mass is 16.5. The molecular weight excluding hydrogens is 292 g/mol. The normalized spacial score (nSPS) is 25.3. The Hall–Kier alpha value is -1.88. The average molecular weight is 316 g/mol. The largest absolute Gasteiger partial charge is 0.361 e. The molecule has 2 amide bonds. The van der Waals surface area contributed by atoms with Gasteiger partial charge in [0.2, 0.25) is 5.91 Å². The number of piperidine rings is 1. The van der Waals surface area contributed by atoms with Crippen LogP contribution in [0.5, 0.6) is 0 Å². The second-order valence-corrected chi connectivity index (χ2v) is 6.81. The van der Waals surface area contributed by atoms with Crippen LogP contribution in [0.1, 0.15) is 26.7 Å². The molecule has 2 heterocycles. The first kappa shape index (κ1) is 16.0. The van der Waals surface area contributed by atoms with Gasteiger partial charge in [-0.1, -0.05) is 32.0 Å². The molecule has 5 nitrogen and oxygen atoms in total. The fraction of sp³-hybridized carbons (Fsp3) is 0.556. The maximum atomic E-state index is 12.3. The molecule has 2 aliphatic heterocycles. The number of benzene rings is 1. The Morgan fingerprint density at radius 3 is 2.65 bits per heavy atom. The number of hydrogen-bond donors (Lipinski definition) is 0. The monoisotopic (exact) mass is 316 g/mol. The lowest BCUT2D eigenvalue weighted by molar-refractivity contribution is -0.155. The highest BCUT2D eigenvalue weighted by molar-refractivity contribution is 5.95. The van der Waals surface area contributed by atoms with E-state index in [1.807, 2.05) is 49.1 Å². The lowest BCUT2D eigenvalue weighted by atomic mass is 9.89. The van der Waals surface area contributed by atoms with Gasteiger partial charge in [-0.05, 0) is 25.0 Å². The van der Waals surface area contributed by atoms with Crippen molar-refractivity contribution in [1.29, 1.82) is 0 Å². The van der Waals surface area contributed by atoms with Crippen LogP contribution in [0, 0.1) is 5.92 Å². The minimum Gasteiger partial charge on any atom is -0.361 e.